The van der Waals surface area contributed by atoms with Gasteiger partial charge in [-0.3, -0.25) is 4.79 Å². The predicted molar refractivity (Wildman–Crippen MR) is 92.5 cm³/mol. The third-order valence-corrected chi connectivity index (χ3v) is 5.13. The average Bonchev–Trinajstić information content (AvgIpc) is 3.02. The largest absolute Gasteiger partial charge is 0.381 e. The first-order chi connectivity index (χ1) is 11.1. The second kappa shape index (κ2) is 6.78. The Balaban J connectivity index is 1.78. The molecule has 1 aliphatic heterocycles. The van der Waals surface area contributed by atoms with Crippen molar-refractivity contribution in [1.29, 1.82) is 0 Å². The number of thiazole rings is 1. The van der Waals surface area contributed by atoms with E-state index in [0.717, 1.165) is 22.0 Å². The summed E-state index contributed by atoms with van der Waals surface area (Å²) in [6, 6.07) is 7.77. The standard InChI is InChI=1S/C17H21N3O2S/c1-12-19-15(10-23-12)13-3-2-4-14(9-13)20-16(21)17(11-18)5-7-22-8-6-17/h2-4,9-10H,5-8,11,18H2,1H3,(H,20,21). The number of aromatic nitrogens is 1. The molecular weight excluding hydrogens is 310 g/mol. The number of carbonyl (C=O) groups excluding carboxylic acids is 1. The molecule has 1 aliphatic rings. The Bertz CT molecular complexity index is 693. The van der Waals surface area contributed by atoms with Crippen molar-refractivity contribution < 1.29 is 9.53 Å². The van der Waals surface area contributed by atoms with E-state index in [1.165, 1.54) is 0 Å². The zero-order valence-electron chi connectivity index (χ0n) is 13.2. The molecule has 3 rings (SSSR count). The van der Waals surface area contributed by atoms with Crippen LogP contribution >= 0.6 is 11.3 Å². The van der Waals surface area contributed by atoms with Gasteiger partial charge in [-0.15, -0.1) is 11.3 Å². The van der Waals surface area contributed by atoms with Gasteiger partial charge in [0.05, 0.1) is 16.1 Å². The van der Waals surface area contributed by atoms with Gasteiger partial charge in [0.15, 0.2) is 0 Å². The molecule has 0 radical (unpaired) electrons. The van der Waals surface area contributed by atoms with Crippen LogP contribution < -0.4 is 11.1 Å². The van der Waals surface area contributed by atoms with Crippen molar-refractivity contribution in [3.05, 3.63) is 34.7 Å². The summed E-state index contributed by atoms with van der Waals surface area (Å²) in [5.41, 5.74) is 8.08. The fourth-order valence-corrected chi connectivity index (χ4v) is 3.42. The summed E-state index contributed by atoms with van der Waals surface area (Å²) in [6.45, 7) is 3.49. The van der Waals surface area contributed by atoms with Gasteiger partial charge in [0, 0.05) is 36.4 Å². The number of aryl methyl sites for hydroxylation is 1. The van der Waals surface area contributed by atoms with Gasteiger partial charge in [-0.25, -0.2) is 4.98 Å². The van der Waals surface area contributed by atoms with Crippen LogP contribution in [-0.4, -0.2) is 30.6 Å². The summed E-state index contributed by atoms with van der Waals surface area (Å²) in [4.78, 5) is 17.2. The van der Waals surface area contributed by atoms with E-state index in [0.29, 0.717) is 32.6 Å². The molecule has 0 saturated carbocycles. The minimum Gasteiger partial charge on any atom is -0.381 e. The quantitative estimate of drug-likeness (QED) is 0.903. The molecule has 23 heavy (non-hydrogen) atoms. The number of anilines is 1. The molecule has 6 heteroatoms. The normalized spacial score (nSPS) is 17.0. The van der Waals surface area contributed by atoms with Gasteiger partial charge in [-0.1, -0.05) is 12.1 Å². The number of amides is 1. The van der Waals surface area contributed by atoms with E-state index in [9.17, 15) is 4.79 Å². The van der Waals surface area contributed by atoms with Gasteiger partial charge in [-0.05, 0) is 31.9 Å². The van der Waals surface area contributed by atoms with Crippen LogP contribution in [0.4, 0.5) is 5.69 Å². The highest BCUT2D eigenvalue weighted by Gasteiger charge is 2.38. The number of benzene rings is 1. The number of hydrogen-bond acceptors (Lipinski definition) is 5. The van der Waals surface area contributed by atoms with E-state index in [-0.39, 0.29) is 5.91 Å². The predicted octanol–water partition coefficient (Wildman–Crippen LogP) is 2.81. The number of hydrogen-bond donors (Lipinski definition) is 2. The summed E-state index contributed by atoms with van der Waals surface area (Å²) in [7, 11) is 0. The smallest absolute Gasteiger partial charge is 0.232 e. The minimum atomic E-state index is -0.522. The molecule has 2 aromatic rings. The zero-order valence-corrected chi connectivity index (χ0v) is 14.0. The topological polar surface area (TPSA) is 77.2 Å². The summed E-state index contributed by atoms with van der Waals surface area (Å²) in [5.74, 6) is -0.0186. The molecule has 122 valence electrons. The van der Waals surface area contributed by atoms with E-state index in [2.05, 4.69) is 10.3 Å². The molecule has 0 aliphatic carbocycles. The first-order valence-corrected chi connectivity index (χ1v) is 8.63. The van der Waals surface area contributed by atoms with Crippen LogP contribution in [0.2, 0.25) is 0 Å². The third-order valence-electron chi connectivity index (χ3n) is 4.36. The number of nitrogens with two attached hydrogens (primary N) is 1. The number of carbonyl (C=O) groups is 1. The van der Waals surface area contributed by atoms with Crippen LogP contribution in [0.15, 0.2) is 29.6 Å². The molecule has 1 aromatic heterocycles. The van der Waals surface area contributed by atoms with Gasteiger partial charge in [0.2, 0.25) is 5.91 Å². The molecule has 0 atom stereocenters. The molecule has 1 aromatic carbocycles. The van der Waals surface area contributed by atoms with Crippen molar-refractivity contribution in [1.82, 2.24) is 4.98 Å². The Kier molecular flexibility index (Phi) is 4.75. The van der Waals surface area contributed by atoms with Crippen molar-refractivity contribution in [3.63, 3.8) is 0 Å². The lowest BCUT2D eigenvalue weighted by atomic mass is 9.79. The lowest BCUT2D eigenvalue weighted by Gasteiger charge is -2.34. The van der Waals surface area contributed by atoms with Gasteiger partial charge in [-0.2, -0.15) is 0 Å². The van der Waals surface area contributed by atoms with Crippen molar-refractivity contribution in [2.45, 2.75) is 19.8 Å². The Morgan fingerprint density at radius 1 is 1.43 bits per heavy atom. The van der Waals surface area contributed by atoms with Crippen LogP contribution in [-0.2, 0) is 9.53 Å². The molecule has 1 fully saturated rings. The zero-order chi connectivity index (χ0) is 16.3. The minimum absolute atomic E-state index is 0.0186. The first-order valence-electron chi connectivity index (χ1n) is 7.75. The summed E-state index contributed by atoms with van der Waals surface area (Å²) < 4.78 is 5.36. The highest BCUT2D eigenvalue weighted by molar-refractivity contribution is 7.09. The van der Waals surface area contributed by atoms with Gasteiger partial charge < -0.3 is 15.8 Å². The molecule has 5 nitrogen and oxygen atoms in total. The van der Waals surface area contributed by atoms with Crippen LogP contribution in [0.25, 0.3) is 11.3 Å². The van der Waals surface area contributed by atoms with E-state index in [4.69, 9.17) is 10.5 Å². The van der Waals surface area contributed by atoms with Gasteiger partial charge in [0.25, 0.3) is 0 Å². The monoisotopic (exact) mass is 331 g/mol. The second-order valence-corrected chi connectivity index (χ2v) is 6.95. The Hall–Kier alpha value is -1.76. The molecular formula is C17H21N3O2S. The molecule has 1 amide bonds. The van der Waals surface area contributed by atoms with Crippen molar-refractivity contribution >= 4 is 22.9 Å². The fraction of sp³-hybridized carbons (Fsp3) is 0.412. The lowest BCUT2D eigenvalue weighted by Crippen LogP contribution is -2.46. The van der Waals surface area contributed by atoms with Gasteiger partial charge >= 0.3 is 0 Å². The first kappa shape index (κ1) is 16.1. The van der Waals surface area contributed by atoms with Crippen molar-refractivity contribution in [2.75, 3.05) is 25.1 Å². The fourth-order valence-electron chi connectivity index (χ4n) is 2.80. The maximum Gasteiger partial charge on any atom is 0.232 e. The Labute approximate surface area is 139 Å². The molecule has 1 saturated heterocycles. The third kappa shape index (κ3) is 3.44. The van der Waals surface area contributed by atoms with Crippen LogP contribution in [0.1, 0.15) is 17.8 Å². The summed E-state index contributed by atoms with van der Waals surface area (Å²) in [6.07, 6.45) is 1.33. The maximum atomic E-state index is 12.7. The Morgan fingerprint density at radius 3 is 2.87 bits per heavy atom. The molecule has 0 bridgehead atoms. The number of ether oxygens (including phenoxy) is 1. The van der Waals surface area contributed by atoms with Gasteiger partial charge in [0.1, 0.15) is 0 Å². The van der Waals surface area contributed by atoms with Crippen molar-refractivity contribution in [3.8, 4) is 11.3 Å². The van der Waals surface area contributed by atoms with E-state index < -0.39 is 5.41 Å². The molecule has 0 unspecified atom stereocenters. The number of nitrogens with zero attached hydrogens (tertiary/aromatic N) is 1. The highest BCUT2D eigenvalue weighted by atomic mass is 32.1. The van der Waals surface area contributed by atoms with Crippen LogP contribution in [0, 0.1) is 12.3 Å². The van der Waals surface area contributed by atoms with Crippen LogP contribution in [0.5, 0.6) is 0 Å². The lowest BCUT2D eigenvalue weighted by molar-refractivity contribution is -0.130. The number of nitrogens with one attached hydrogen (secondary N) is 1. The Morgan fingerprint density at radius 2 is 2.22 bits per heavy atom. The highest BCUT2D eigenvalue weighted by Crippen LogP contribution is 2.31. The molecule has 2 heterocycles. The summed E-state index contributed by atoms with van der Waals surface area (Å²) in [5, 5.41) is 6.07. The van der Waals surface area contributed by atoms with Crippen molar-refractivity contribution in [2.24, 2.45) is 11.1 Å². The van der Waals surface area contributed by atoms with E-state index in [1.807, 2.05) is 36.6 Å². The molecule has 3 N–H and O–H groups in total. The maximum absolute atomic E-state index is 12.7. The van der Waals surface area contributed by atoms with E-state index >= 15 is 0 Å². The SMILES string of the molecule is Cc1nc(-c2cccc(NC(=O)C3(CN)CCOCC3)c2)cs1. The average molecular weight is 331 g/mol. The summed E-state index contributed by atoms with van der Waals surface area (Å²) >= 11 is 1.62. The second-order valence-electron chi connectivity index (χ2n) is 5.88. The number of rotatable bonds is 4. The van der Waals surface area contributed by atoms with E-state index in [1.54, 1.807) is 11.3 Å². The van der Waals surface area contributed by atoms with Crippen LogP contribution in [0.3, 0.4) is 0 Å². The molecule has 0 spiro atoms.